The van der Waals surface area contributed by atoms with Crippen molar-refractivity contribution >= 4 is 21.8 Å². The number of nitrogens with zero attached hydrogens (tertiary/aromatic N) is 2. The third kappa shape index (κ3) is 1.18. The van der Waals surface area contributed by atoms with E-state index in [1.807, 2.05) is 36.5 Å². The molecule has 2 nitrogen and oxygen atoms in total. The predicted octanol–water partition coefficient (Wildman–Crippen LogP) is 2.97. The molecule has 0 bridgehead atoms. The number of pyridine rings is 2. The summed E-state index contributed by atoms with van der Waals surface area (Å²) in [5, 5.41) is 2.12. The van der Waals surface area contributed by atoms with Crippen molar-refractivity contribution in [3.63, 3.8) is 0 Å². The van der Waals surface area contributed by atoms with E-state index in [1.54, 1.807) is 6.20 Å². The third-order valence-electron chi connectivity index (χ3n) is 2.59. The Kier molecular flexibility index (Phi) is 1.68. The summed E-state index contributed by atoms with van der Waals surface area (Å²) >= 11 is 0. The number of aromatic nitrogens is 2. The molecule has 0 amide bonds. The smallest absolute Gasteiger partial charge is 0.0743 e. The van der Waals surface area contributed by atoms with Crippen LogP contribution in [0.15, 0.2) is 42.7 Å². The topological polar surface area (TPSA) is 25.8 Å². The van der Waals surface area contributed by atoms with Gasteiger partial charge in [0.05, 0.1) is 11.0 Å². The van der Waals surface area contributed by atoms with Crippen LogP contribution in [-0.4, -0.2) is 9.97 Å². The zero-order valence-corrected chi connectivity index (χ0v) is 8.14. The van der Waals surface area contributed by atoms with Gasteiger partial charge in [-0.2, -0.15) is 0 Å². The van der Waals surface area contributed by atoms with Crippen molar-refractivity contribution in [1.29, 1.82) is 0 Å². The standard InChI is InChI=1S/C13H9N2/c1-9-10-4-2-3-5-12(10)15-13-6-7-14-8-11(9)13/h2-8H,1H2. The van der Waals surface area contributed by atoms with Crippen LogP contribution in [0.4, 0.5) is 0 Å². The van der Waals surface area contributed by atoms with Crippen LogP contribution in [0, 0.1) is 6.92 Å². The minimum absolute atomic E-state index is 0.953. The summed E-state index contributed by atoms with van der Waals surface area (Å²) in [5.74, 6) is 0. The lowest BCUT2D eigenvalue weighted by molar-refractivity contribution is 1.34. The lowest BCUT2D eigenvalue weighted by atomic mass is 10.1. The fraction of sp³-hybridized carbons (Fsp3) is 0. The van der Waals surface area contributed by atoms with Crippen molar-refractivity contribution in [2.24, 2.45) is 0 Å². The Balaban J connectivity index is 2.60. The van der Waals surface area contributed by atoms with Crippen molar-refractivity contribution in [2.75, 3.05) is 0 Å². The average molecular weight is 193 g/mol. The highest BCUT2D eigenvalue weighted by Gasteiger charge is 2.03. The maximum absolute atomic E-state index is 4.56. The minimum Gasteiger partial charge on any atom is -0.264 e. The fourth-order valence-electron chi connectivity index (χ4n) is 1.82. The monoisotopic (exact) mass is 193 g/mol. The van der Waals surface area contributed by atoms with Gasteiger partial charge in [0.15, 0.2) is 0 Å². The highest BCUT2D eigenvalue weighted by atomic mass is 14.7. The molecule has 0 aliphatic rings. The second-order valence-corrected chi connectivity index (χ2v) is 3.50. The largest absolute Gasteiger partial charge is 0.264 e. The van der Waals surface area contributed by atoms with E-state index in [0.717, 1.165) is 27.4 Å². The lowest BCUT2D eigenvalue weighted by Crippen LogP contribution is -1.87. The SMILES string of the molecule is [CH2]c1c2ccccc2nc2ccncc12. The van der Waals surface area contributed by atoms with E-state index >= 15 is 0 Å². The van der Waals surface area contributed by atoms with E-state index in [-0.39, 0.29) is 0 Å². The number of hydrogen-bond acceptors (Lipinski definition) is 2. The molecule has 0 saturated heterocycles. The second kappa shape index (κ2) is 3.02. The molecule has 0 aliphatic carbocycles. The Hall–Kier alpha value is -1.96. The molecule has 0 unspecified atom stereocenters. The molecule has 0 N–H and O–H groups in total. The highest BCUT2D eigenvalue weighted by Crippen LogP contribution is 2.23. The number of fused-ring (bicyclic) bond motifs is 2. The summed E-state index contributed by atoms with van der Waals surface area (Å²) in [6.45, 7) is 4.10. The zero-order chi connectivity index (χ0) is 10.3. The number of hydrogen-bond donors (Lipinski definition) is 0. The van der Waals surface area contributed by atoms with E-state index in [2.05, 4.69) is 16.9 Å². The first-order valence-corrected chi connectivity index (χ1v) is 4.81. The van der Waals surface area contributed by atoms with Crippen LogP contribution < -0.4 is 0 Å². The third-order valence-corrected chi connectivity index (χ3v) is 2.59. The van der Waals surface area contributed by atoms with Crippen molar-refractivity contribution in [1.82, 2.24) is 9.97 Å². The first-order chi connectivity index (χ1) is 7.36. The molecule has 1 radical (unpaired) electrons. The van der Waals surface area contributed by atoms with Crippen LogP contribution in [0.1, 0.15) is 5.56 Å². The van der Waals surface area contributed by atoms with Gasteiger partial charge in [0.25, 0.3) is 0 Å². The first kappa shape index (κ1) is 8.36. The van der Waals surface area contributed by atoms with Gasteiger partial charge in [-0.15, -0.1) is 0 Å². The molecular weight excluding hydrogens is 184 g/mol. The van der Waals surface area contributed by atoms with Crippen LogP contribution >= 0.6 is 0 Å². The van der Waals surface area contributed by atoms with E-state index in [1.165, 1.54) is 0 Å². The van der Waals surface area contributed by atoms with Crippen LogP contribution in [0.25, 0.3) is 21.8 Å². The van der Waals surface area contributed by atoms with Crippen molar-refractivity contribution < 1.29 is 0 Å². The summed E-state index contributed by atoms with van der Waals surface area (Å²) in [4.78, 5) is 8.66. The lowest BCUT2D eigenvalue weighted by Gasteiger charge is -2.05. The second-order valence-electron chi connectivity index (χ2n) is 3.50. The Labute approximate surface area is 87.6 Å². The van der Waals surface area contributed by atoms with Gasteiger partial charge in [0.2, 0.25) is 0 Å². The maximum atomic E-state index is 4.56. The van der Waals surface area contributed by atoms with Gasteiger partial charge < -0.3 is 0 Å². The van der Waals surface area contributed by atoms with Gasteiger partial charge >= 0.3 is 0 Å². The van der Waals surface area contributed by atoms with Crippen molar-refractivity contribution in [3.8, 4) is 0 Å². The molecule has 0 aliphatic heterocycles. The first-order valence-electron chi connectivity index (χ1n) is 4.81. The van der Waals surface area contributed by atoms with Crippen LogP contribution in [-0.2, 0) is 0 Å². The van der Waals surface area contributed by atoms with Crippen molar-refractivity contribution in [3.05, 3.63) is 55.2 Å². The molecular formula is C13H9N2. The van der Waals surface area contributed by atoms with Gasteiger partial charge in [-0.05, 0) is 24.6 Å². The van der Waals surface area contributed by atoms with Gasteiger partial charge in [0, 0.05) is 23.2 Å². The Morgan fingerprint density at radius 3 is 2.67 bits per heavy atom. The minimum atomic E-state index is 0.953. The van der Waals surface area contributed by atoms with E-state index in [9.17, 15) is 0 Å². The summed E-state index contributed by atoms with van der Waals surface area (Å²) in [7, 11) is 0. The quantitative estimate of drug-likeness (QED) is 0.513. The molecule has 2 aromatic heterocycles. The normalized spacial score (nSPS) is 11.0. The molecule has 2 heteroatoms. The molecule has 0 atom stereocenters. The van der Waals surface area contributed by atoms with Crippen LogP contribution in [0.2, 0.25) is 0 Å². The molecule has 15 heavy (non-hydrogen) atoms. The average Bonchev–Trinajstić information content (AvgIpc) is 2.30. The molecule has 0 fully saturated rings. The summed E-state index contributed by atoms with van der Waals surface area (Å²) in [5.41, 5.74) is 2.94. The van der Waals surface area contributed by atoms with E-state index in [4.69, 9.17) is 0 Å². The van der Waals surface area contributed by atoms with Gasteiger partial charge in [-0.3, -0.25) is 4.98 Å². The molecule has 1 aromatic carbocycles. The maximum Gasteiger partial charge on any atom is 0.0743 e. The van der Waals surface area contributed by atoms with Gasteiger partial charge in [0.1, 0.15) is 0 Å². The Morgan fingerprint density at radius 2 is 1.73 bits per heavy atom. The molecule has 3 rings (SSSR count). The van der Waals surface area contributed by atoms with E-state index in [0.29, 0.717) is 0 Å². The molecule has 71 valence electrons. The molecule has 3 aromatic rings. The molecule has 2 heterocycles. The van der Waals surface area contributed by atoms with Crippen molar-refractivity contribution in [2.45, 2.75) is 0 Å². The Bertz CT molecular complexity index is 590. The highest BCUT2D eigenvalue weighted by molar-refractivity contribution is 5.97. The summed E-state index contributed by atoms with van der Waals surface area (Å²) < 4.78 is 0. The van der Waals surface area contributed by atoms with Crippen LogP contribution in [0.5, 0.6) is 0 Å². The summed E-state index contributed by atoms with van der Waals surface area (Å²) in [6.07, 6.45) is 3.57. The van der Waals surface area contributed by atoms with Crippen LogP contribution in [0.3, 0.4) is 0 Å². The van der Waals surface area contributed by atoms with Gasteiger partial charge in [-0.1, -0.05) is 18.2 Å². The molecule has 0 saturated carbocycles. The van der Waals surface area contributed by atoms with Gasteiger partial charge in [-0.25, -0.2) is 4.98 Å². The fourth-order valence-corrected chi connectivity index (χ4v) is 1.82. The number of benzene rings is 1. The molecule has 0 spiro atoms. The number of para-hydroxylation sites is 1. The summed E-state index contributed by atoms with van der Waals surface area (Å²) in [6, 6.07) is 9.94. The predicted molar refractivity (Wildman–Crippen MR) is 61.5 cm³/mol. The van der Waals surface area contributed by atoms with E-state index < -0.39 is 0 Å². The number of rotatable bonds is 0. The zero-order valence-electron chi connectivity index (χ0n) is 8.14. The Morgan fingerprint density at radius 1 is 0.933 bits per heavy atom.